The summed E-state index contributed by atoms with van der Waals surface area (Å²) in [4.78, 5) is 16.3. The Morgan fingerprint density at radius 2 is 2.04 bits per heavy atom. The van der Waals surface area contributed by atoms with E-state index in [1.807, 2.05) is 18.2 Å². The largest absolute Gasteiger partial charge is 0.481 e. The summed E-state index contributed by atoms with van der Waals surface area (Å²) in [6.07, 6.45) is -0.333. The monoisotopic (exact) mass is 365 g/mol. The molecule has 1 heterocycles. The SMILES string of the molecule is CC(Oc1ccccc1)C(=O)NCc1nc(C2CCC(F)(F)CC2)no1. The van der Waals surface area contributed by atoms with Crippen LogP contribution < -0.4 is 10.1 Å². The van der Waals surface area contributed by atoms with E-state index in [1.165, 1.54) is 0 Å². The molecule has 1 saturated carbocycles. The van der Waals surface area contributed by atoms with Crippen LogP contribution in [-0.4, -0.2) is 28.1 Å². The Morgan fingerprint density at radius 3 is 2.73 bits per heavy atom. The maximum Gasteiger partial charge on any atom is 0.261 e. The van der Waals surface area contributed by atoms with Gasteiger partial charge in [0.2, 0.25) is 11.8 Å². The third kappa shape index (κ3) is 4.77. The molecule has 8 heteroatoms. The van der Waals surface area contributed by atoms with Crippen molar-refractivity contribution in [2.45, 2.75) is 57.1 Å². The summed E-state index contributed by atoms with van der Waals surface area (Å²) in [6, 6.07) is 9.03. The lowest BCUT2D eigenvalue weighted by Gasteiger charge is -2.26. The zero-order chi connectivity index (χ0) is 18.6. The van der Waals surface area contributed by atoms with Crippen molar-refractivity contribution in [3.8, 4) is 5.75 Å². The Hall–Kier alpha value is -2.51. The average Bonchev–Trinajstić information content (AvgIpc) is 3.09. The van der Waals surface area contributed by atoms with Crippen LogP contribution in [0.5, 0.6) is 5.75 Å². The number of benzene rings is 1. The lowest BCUT2D eigenvalue weighted by molar-refractivity contribution is -0.127. The van der Waals surface area contributed by atoms with E-state index in [1.54, 1.807) is 19.1 Å². The Balaban J connectivity index is 1.48. The predicted octanol–water partition coefficient (Wildman–Crippen LogP) is 3.45. The normalized spacial score (nSPS) is 18.3. The number of ether oxygens (including phenoxy) is 1. The molecule has 0 saturated heterocycles. The van der Waals surface area contributed by atoms with Gasteiger partial charge in [-0.2, -0.15) is 4.98 Å². The van der Waals surface area contributed by atoms with Gasteiger partial charge in [-0.05, 0) is 31.9 Å². The molecule has 1 aliphatic carbocycles. The molecule has 0 radical (unpaired) electrons. The zero-order valence-corrected chi connectivity index (χ0v) is 14.5. The van der Waals surface area contributed by atoms with Gasteiger partial charge in [-0.3, -0.25) is 4.79 Å². The minimum absolute atomic E-state index is 0.0667. The second-order valence-corrected chi connectivity index (χ2v) is 6.47. The standard InChI is InChI=1S/C18H21F2N3O3/c1-12(25-14-5-3-2-4-6-14)17(24)21-11-15-22-16(23-26-15)13-7-9-18(19,20)10-8-13/h2-6,12-13H,7-11H2,1H3,(H,21,24). The number of hydrogen-bond donors (Lipinski definition) is 1. The lowest BCUT2D eigenvalue weighted by Crippen LogP contribution is -2.36. The quantitative estimate of drug-likeness (QED) is 0.848. The highest BCUT2D eigenvalue weighted by atomic mass is 19.3. The van der Waals surface area contributed by atoms with Gasteiger partial charge in [-0.15, -0.1) is 0 Å². The van der Waals surface area contributed by atoms with Crippen LogP contribution in [0.1, 0.15) is 50.2 Å². The van der Waals surface area contributed by atoms with E-state index >= 15 is 0 Å². The van der Waals surface area contributed by atoms with Crippen LogP contribution in [0.15, 0.2) is 34.9 Å². The fraction of sp³-hybridized carbons (Fsp3) is 0.500. The molecule has 0 spiro atoms. The smallest absolute Gasteiger partial charge is 0.261 e. The maximum absolute atomic E-state index is 13.2. The summed E-state index contributed by atoms with van der Waals surface area (Å²) in [5.74, 6) is -1.75. The van der Waals surface area contributed by atoms with Crippen molar-refractivity contribution in [1.29, 1.82) is 0 Å². The molecule has 0 bridgehead atoms. The van der Waals surface area contributed by atoms with Gasteiger partial charge in [0.05, 0.1) is 6.54 Å². The van der Waals surface area contributed by atoms with E-state index in [-0.39, 0.29) is 37.1 Å². The van der Waals surface area contributed by atoms with Crippen molar-refractivity contribution >= 4 is 5.91 Å². The van der Waals surface area contributed by atoms with Crippen LogP contribution in [0.4, 0.5) is 8.78 Å². The molecule has 1 unspecified atom stereocenters. The molecule has 26 heavy (non-hydrogen) atoms. The number of hydrogen-bond acceptors (Lipinski definition) is 5. The molecule has 1 amide bonds. The minimum atomic E-state index is -2.59. The number of amides is 1. The van der Waals surface area contributed by atoms with Crippen molar-refractivity contribution in [2.24, 2.45) is 0 Å². The Labute approximate surface area is 149 Å². The van der Waals surface area contributed by atoms with Gasteiger partial charge in [0, 0.05) is 18.8 Å². The lowest BCUT2D eigenvalue weighted by atomic mass is 9.86. The Bertz CT molecular complexity index is 726. The number of rotatable bonds is 6. The van der Waals surface area contributed by atoms with Gasteiger partial charge in [0.25, 0.3) is 5.91 Å². The highest BCUT2D eigenvalue weighted by Gasteiger charge is 2.37. The van der Waals surface area contributed by atoms with Crippen LogP contribution in [0, 0.1) is 0 Å². The topological polar surface area (TPSA) is 77.2 Å². The molecule has 1 aliphatic rings. The highest BCUT2D eigenvalue weighted by molar-refractivity contribution is 5.80. The fourth-order valence-corrected chi connectivity index (χ4v) is 2.87. The molecule has 2 aromatic rings. The van der Waals surface area contributed by atoms with Gasteiger partial charge in [-0.1, -0.05) is 23.4 Å². The molecule has 1 N–H and O–H groups in total. The van der Waals surface area contributed by atoms with Crippen molar-refractivity contribution in [1.82, 2.24) is 15.5 Å². The van der Waals surface area contributed by atoms with Gasteiger partial charge in [0.15, 0.2) is 11.9 Å². The van der Waals surface area contributed by atoms with Crippen LogP contribution in [0.2, 0.25) is 0 Å². The molecule has 1 fully saturated rings. The molecular weight excluding hydrogens is 344 g/mol. The summed E-state index contributed by atoms with van der Waals surface area (Å²) in [6.45, 7) is 1.71. The number of carbonyl (C=O) groups excluding carboxylic acids is 1. The average molecular weight is 365 g/mol. The third-order valence-corrected chi connectivity index (χ3v) is 4.41. The molecule has 3 rings (SSSR count). The number of aromatic nitrogens is 2. The summed E-state index contributed by atoms with van der Waals surface area (Å²) < 4.78 is 37.1. The van der Waals surface area contributed by atoms with E-state index in [0.717, 1.165) is 0 Å². The van der Waals surface area contributed by atoms with E-state index in [4.69, 9.17) is 9.26 Å². The summed E-state index contributed by atoms with van der Waals surface area (Å²) in [5, 5.41) is 6.53. The van der Waals surface area contributed by atoms with Gasteiger partial charge < -0.3 is 14.6 Å². The first-order valence-corrected chi connectivity index (χ1v) is 8.63. The van der Waals surface area contributed by atoms with E-state index in [0.29, 0.717) is 24.4 Å². The second-order valence-electron chi connectivity index (χ2n) is 6.47. The minimum Gasteiger partial charge on any atom is -0.481 e. The number of nitrogens with one attached hydrogen (secondary N) is 1. The predicted molar refractivity (Wildman–Crippen MR) is 88.8 cm³/mol. The summed E-state index contributed by atoms with van der Waals surface area (Å²) in [7, 11) is 0. The first-order valence-electron chi connectivity index (χ1n) is 8.63. The molecule has 1 aromatic heterocycles. The first kappa shape index (κ1) is 18.3. The molecular formula is C18H21F2N3O3. The van der Waals surface area contributed by atoms with Crippen LogP contribution >= 0.6 is 0 Å². The molecule has 6 nitrogen and oxygen atoms in total. The molecule has 140 valence electrons. The summed E-state index contributed by atoms with van der Waals surface area (Å²) >= 11 is 0. The van der Waals surface area contributed by atoms with Crippen molar-refractivity contribution in [3.05, 3.63) is 42.0 Å². The number of halogens is 2. The number of carbonyl (C=O) groups is 1. The summed E-state index contributed by atoms with van der Waals surface area (Å²) in [5.41, 5.74) is 0. The van der Waals surface area contributed by atoms with E-state index < -0.39 is 12.0 Å². The van der Waals surface area contributed by atoms with Gasteiger partial charge in [-0.25, -0.2) is 8.78 Å². The molecule has 0 aliphatic heterocycles. The maximum atomic E-state index is 13.2. The number of alkyl halides is 2. The second kappa shape index (κ2) is 7.80. The van der Waals surface area contributed by atoms with E-state index in [9.17, 15) is 13.6 Å². The molecule has 1 atom stereocenters. The zero-order valence-electron chi connectivity index (χ0n) is 14.5. The third-order valence-electron chi connectivity index (χ3n) is 4.41. The Morgan fingerprint density at radius 1 is 1.35 bits per heavy atom. The van der Waals surface area contributed by atoms with Gasteiger partial charge in [0.1, 0.15) is 5.75 Å². The molecule has 1 aromatic carbocycles. The highest BCUT2D eigenvalue weighted by Crippen LogP contribution is 2.39. The first-order chi connectivity index (χ1) is 12.4. The number of para-hydroxylation sites is 1. The van der Waals surface area contributed by atoms with Gasteiger partial charge >= 0.3 is 0 Å². The van der Waals surface area contributed by atoms with Crippen molar-refractivity contribution in [3.63, 3.8) is 0 Å². The van der Waals surface area contributed by atoms with Crippen molar-refractivity contribution in [2.75, 3.05) is 0 Å². The van der Waals surface area contributed by atoms with Crippen molar-refractivity contribution < 1.29 is 22.8 Å². The number of nitrogens with zero attached hydrogens (tertiary/aromatic N) is 2. The van der Waals surface area contributed by atoms with Crippen LogP contribution in [0.3, 0.4) is 0 Å². The van der Waals surface area contributed by atoms with Crippen LogP contribution in [-0.2, 0) is 11.3 Å². The fourth-order valence-electron chi connectivity index (χ4n) is 2.87. The van der Waals surface area contributed by atoms with Crippen LogP contribution in [0.25, 0.3) is 0 Å². The Kier molecular flexibility index (Phi) is 5.49. The van der Waals surface area contributed by atoms with E-state index in [2.05, 4.69) is 15.5 Å².